The second-order valence-electron chi connectivity index (χ2n) is 6.60. The Morgan fingerprint density at radius 2 is 1.86 bits per heavy atom. The SMILES string of the molecule is O=C1C[C@H](c2ccc(O)c(O)c2)c2c(nc(SCc3ccc(F)cc3)[nH]c2=O)N1. The van der Waals surface area contributed by atoms with Crippen LogP contribution in [0.3, 0.4) is 0 Å². The lowest BCUT2D eigenvalue weighted by atomic mass is 9.86. The lowest BCUT2D eigenvalue weighted by Crippen LogP contribution is -2.31. The van der Waals surface area contributed by atoms with Crippen LogP contribution in [-0.2, 0) is 10.5 Å². The van der Waals surface area contributed by atoms with E-state index in [1.807, 2.05) is 0 Å². The van der Waals surface area contributed by atoms with E-state index in [-0.39, 0.29) is 35.5 Å². The summed E-state index contributed by atoms with van der Waals surface area (Å²) in [4.78, 5) is 32.0. The highest BCUT2D eigenvalue weighted by molar-refractivity contribution is 7.98. The number of thioether (sulfide) groups is 1. The minimum Gasteiger partial charge on any atom is -0.504 e. The van der Waals surface area contributed by atoms with Gasteiger partial charge >= 0.3 is 0 Å². The van der Waals surface area contributed by atoms with Crippen LogP contribution in [0, 0.1) is 5.82 Å². The molecule has 3 aromatic rings. The standard InChI is InChI=1S/C20H16FN3O4S/c21-12-4-1-10(2-5-12)9-29-20-23-18-17(19(28)24-20)13(8-16(27)22-18)11-3-6-14(25)15(26)7-11/h1-7,13,25-26H,8-9H2,(H2,22,23,24,27,28)/t13-/m1/s1. The molecule has 1 aromatic heterocycles. The third-order valence-electron chi connectivity index (χ3n) is 4.62. The molecule has 0 radical (unpaired) electrons. The maximum atomic E-state index is 13.0. The zero-order valence-electron chi connectivity index (χ0n) is 15.0. The molecule has 0 aliphatic carbocycles. The summed E-state index contributed by atoms with van der Waals surface area (Å²) >= 11 is 1.26. The lowest BCUT2D eigenvalue weighted by Gasteiger charge is -2.24. The number of anilines is 1. The van der Waals surface area contributed by atoms with Crippen molar-refractivity contribution in [3.05, 3.63) is 75.3 Å². The zero-order chi connectivity index (χ0) is 20.5. The van der Waals surface area contributed by atoms with Crippen molar-refractivity contribution >= 4 is 23.5 Å². The number of aromatic nitrogens is 2. The van der Waals surface area contributed by atoms with Crippen molar-refractivity contribution < 1.29 is 19.4 Å². The van der Waals surface area contributed by atoms with Crippen molar-refractivity contribution in [2.75, 3.05) is 5.32 Å². The molecule has 4 rings (SSSR count). The van der Waals surface area contributed by atoms with Crippen molar-refractivity contribution in [1.29, 1.82) is 0 Å². The van der Waals surface area contributed by atoms with Gasteiger partial charge in [-0.3, -0.25) is 9.59 Å². The number of hydrogen-bond acceptors (Lipinski definition) is 6. The number of benzene rings is 2. The number of phenols is 2. The molecule has 1 aliphatic rings. The van der Waals surface area contributed by atoms with Gasteiger partial charge in [-0.25, -0.2) is 9.37 Å². The maximum absolute atomic E-state index is 13.0. The number of aromatic hydroxyl groups is 2. The fraction of sp³-hybridized carbons (Fsp3) is 0.150. The van der Waals surface area contributed by atoms with Crippen LogP contribution in [0.4, 0.5) is 10.2 Å². The van der Waals surface area contributed by atoms with Gasteiger partial charge in [-0.2, -0.15) is 0 Å². The first-order chi connectivity index (χ1) is 13.9. The van der Waals surface area contributed by atoms with Gasteiger partial charge in [-0.1, -0.05) is 30.0 Å². The van der Waals surface area contributed by atoms with E-state index in [9.17, 15) is 24.2 Å². The van der Waals surface area contributed by atoms with Gasteiger partial charge < -0.3 is 20.5 Å². The molecule has 0 spiro atoms. The Kier molecular flexibility index (Phi) is 4.98. The third-order valence-corrected chi connectivity index (χ3v) is 5.56. The highest BCUT2D eigenvalue weighted by atomic mass is 32.2. The summed E-state index contributed by atoms with van der Waals surface area (Å²) in [7, 11) is 0. The largest absolute Gasteiger partial charge is 0.504 e. The third kappa shape index (κ3) is 3.95. The summed E-state index contributed by atoms with van der Waals surface area (Å²) in [6.45, 7) is 0. The Labute approximate surface area is 168 Å². The molecule has 2 heterocycles. The minimum absolute atomic E-state index is 0.0179. The molecule has 0 saturated heterocycles. The first kappa shape index (κ1) is 19.0. The van der Waals surface area contributed by atoms with Crippen LogP contribution in [0.1, 0.15) is 29.0 Å². The highest BCUT2D eigenvalue weighted by Crippen LogP contribution is 2.37. The van der Waals surface area contributed by atoms with E-state index < -0.39 is 11.5 Å². The molecule has 0 fully saturated rings. The van der Waals surface area contributed by atoms with E-state index in [4.69, 9.17) is 0 Å². The van der Waals surface area contributed by atoms with E-state index in [2.05, 4.69) is 15.3 Å². The zero-order valence-corrected chi connectivity index (χ0v) is 15.8. The Morgan fingerprint density at radius 1 is 1.10 bits per heavy atom. The first-order valence-electron chi connectivity index (χ1n) is 8.74. The molecule has 0 unspecified atom stereocenters. The van der Waals surface area contributed by atoms with E-state index >= 15 is 0 Å². The average Bonchev–Trinajstić information content (AvgIpc) is 2.68. The topological polar surface area (TPSA) is 115 Å². The molecule has 9 heteroatoms. The van der Waals surface area contributed by atoms with Gasteiger partial charge in [0.05, 0.1) is 5.56 Å². The Bertz CT molecular complexity index is 1150. The van der Waals surface area contributed by atoms with E-state index in [1.54, 1.807) is 18.2 Å². The number of H-pyrrole nitrogens is 1. The predicted molar refractivity (Wildman–Crippen MR) is 106 cm³/mol. The number of halogens is 1. The number of aromatic amines is 1. The van der Waals surface area contributed by atoms with Crippen LogP contribution < -0.4 is 10.9 Å². The van der Waals surface area contributed by atoms with Crippen LogP contribution >= 0.6 is 11.8 Å². The first-order valence-corrected chi connectivity index (χ1v) is 9.72. The minimum atomic E-state index is -0.599. The molecule has 0 bridgehead atoms. The number of hydrogen-bond donors (Lipinski definition) is 4. The van der Waals surface area contributed by atoms with Gasteiger partial charge in [-0.05, 0) is 35.4 Å². The summed E-state index contributed by atoms with van der Waals surface area (Å²) in [5, 5.41) is 22.2. The fourth-order valence-electron chi connectivity index (χ4n) is 3.19. The van der Waals surface area contributed by atoms with Gasteiger partial charge in [0.25, 0.3) is 5.56 Å². The van der Waals surface area contributed by atoms with Crippen LogP contribution in [0.15, 0.2) is 52.4 Å². The molecule has 1 atom stereocenters. The van der Waals surface area contributed by atoms with Crippen LogP contribution in [-0.4, -0.2) is 26.1 Å². The Balaban J connectivity index is 1.65. The van der Waals surface area contributed by atoms with Crippen LogP contribution in [0.25, 0.3) is 0 Å². The van der Waals surface area contributed by atoms with E-state index in [0.717, 1.165) is 5.56 Å². The van der Waals surface area contributed by atoms with Crippen molar-refractivity contribution in [3.8, 4) is 11.5 Å². The molecule has 29 heavy (non-hydrogen) atoms. The smallest absolute Gasteiger partial charge is 0.257 e. The number of nitrogens with one attached hydrogen (secondary N) is 2. The van der Waals surface area contributed by atoms with Crippen molar-refractivity contribution in [2.45, 2.75) is 23.2 Å². The molecule has 0 saturated carbocycles. The van der Waals surface area contributed by atoms with E-state index in [1.165, 1.54) is 36.0 Å². The summed E-state index contributed by atoms with van der Waals surface area (Å²) in [6.07, 6.45) is 0.0179. The van der Waals surface area contributed by atoms with Crippen molar-refractivity contribution in [3.63, 3.8) is 0 Å². The fourth-order valence-corrected chi connectivity index (χ4v) is 4.01. The molecular formula is C20H16FN3O4S. The Hall–Kier alpha value is -3.33. The number of fused-ring (bicyclic) bond motifs is 1. The molecular weight excluding hydrogens is 397 g/mol. The number of rotatable bonds is 4. The number of nitrogens with zero attached hydrogens (tertiary/aromatic N) is 1. The number of carbonyl (C=O) groups is 1. The maximum Gasteiger partial charge on any atom is 0.257 e. The monoisotopic (exact) mass is 413 g/mol. The average molecular weight is 413 g/mol. The quantitative estimate of drug-likeness (QED) is 0.297. The summed E-state index contributed by atoms with van der Waals surface area (Å²) in [5.74, 6) is -1.21. The summed E-state index contributed by atoms with van der Waals surface area (Å²) in [5.41, 5.74) is 1.28. The molecule has 148 valence electrons. The van der Waals surface area contributed by atoms with E-state index in [0.29, 0.717) is 22.0 Å². The normalized spacial score (nSPS) is 15.6. The second-order valence-corrected chi connectivity index (χ2v) is 7.57. The Morgan fingerprint density at radius 3 is 2.59 bits per heavy atom. The molecule has 4 N–H and O–H groups in total. The predicted octanol–water partition coefficient (Wildman–Crippen LogP) is 3.09. The molecule has 2 aromatic carbocycles. The molecule has 1 aliphatic heterocycles. The lowest BCUT2D eigenvalue weighted by molar-refractivity contribution is -0.116. The van der Waals surface area contributed by atoms with Gasteiger partial charge in [0, 0.05) is 18.1 Å². The number of phenolic OH excluding ortho intramolecular Hbond substituents is 2. The van der Waals surface area contributed by atoms with Gasteiger partial charge in [0.2, 0.25) is 5.91 Å². The molecule has 7 nitrogen and oxygen atoms in total. The second kappa shape index (κ2) is 7.59. The van der Waals surface area contributed by atoms with Crippen LogP contribution in [0.5, 0.6) is 11.5 Å². The number of carbonyl (C=O) groups excluding carboxylic acids is 1. The summed E-state index contributed by atoms with van der Waals surface area (Å²) < 4.78 is 13.0. The van der Waals surface area contributed by atoms with Gasteiger partial charge in [0.15, 0.2) is 16.7 Å². The van der Waals surface area contributed by atoms with Crippen molar-refractivity contribution in [2.24, 2.45) is 0 Å². The molecule has 1 amide bonds. The van der Waals surface area contributed by atoms with Gasteiger partial charge in [0.1, 0.15) is 11.6 Å². The van der Waals surface area contributed by atoms with Crippen LogP contribution in [0.2, 0.25) is 0 Å². The highest BCUT2D eigenvalue weighted by Gasteiger charge is 2.31. The number of amides is 1. The van der Waals surface area contributed by atoms with Crippen molar-refractivity contribution in [1.82, 2.24) is 9.97 Å². The summed E-state index contributed by atoms with van der Waals surface area (Å²) in [6, 6.07) is 10.2. The van der Waals surface area contributed by atoms with Gasteiger partial charge in [-0.15, -0.1) is 0 Å².